The highest BCUT2D eigenvalue weighted by atomic mass is 32.2. The van der Waals surface area contributed by atoms with Gasteiger partial charge in [0.25, 0.3) is 5.91 Å². The molecular formula is C13H19N3O3S. The molecule has 0 unspecified atom stereocenters. The third kappa shape index (κ3) is 2.94. The molecular weight excluding hydrogens is 278 g/mol. The topological polar surface area (TPSA) is 92.5 Å². The van der Waals surface area contributed by atoms with Gasteiger partial charge in [0.15, 0.2) is 0 Å². The molecule has 1 aliphatic heterocycles. The monoisotopic (exact) mass is 297 g/mol. The van der Waals surface area contributed by atoms with Gasteiger partial charge in [-0.15, -0.1) is 0 Å². The molecule has 1 aromatic carbocycles. The summed E-state index contributed by atoms with van der Waals surface area (Å²) in [5.74, 6) is -0.191. The molecule has 20 heavy (non-hydrogen) atoms. The van der Waals surface area contributed by atoms with Gasteiger partial charge in [0.1, 0.15) is 0 Å². The van der Waals surface area contributed by atoms with E-state index in [0.29, 0.717) is 30.8 Å². The zero-order chi connectivity index (χ0) is 14.9. The van der Waals surface area contributed by atoms with Crippen LogP contribution in [0.2, 0.25) is 0 Å². The number of carbonyl (C=O) groups is 1. The maximum Gasteiger partial charge on any atom is 0.251 e. The van der Waals surface area contributed by atoms with Crippen LogP contribution in [0, 0.1) is 0 Å². The number of amides is 1. The summed E-state index contributed by atoms with van der Waals surface area (Å²) < 4.78 is 24.6. The molecule has 0 spiro atoms. The number of anilines is 1. The summed E-state index contributed by atoms with van der Waals surface area (Å²) in [4.78, 5) is 12.0. The van der Waals surface area contributed by atoms with E-state index in [0.717, 1.165) is 5.56 Å². The Morgan fingerprint density at radius 3 is 2.80 bits per heavy atom. The average molecular weight is 297 g/mol. The zero-order valence-corrected chi connectivity index (χ0v) is 12.4. The van der Waals surface area contributed by atoms with Crippen LogP contribution in [-0.4, -0.2) is 39.7 Å². The van der Waals surface area contributed by atoms with E-state index in [2.05, 4.69) is 5.32 Å². The fourth-order valence-electron chi connectivity index (χ4n) is 2.22. The highest BCUT2D eigenvalue weighted by Gasteiger charge is 2.26. The van der Waals surface area contributed by atoms with Gasteiger partial charge in [-0.3, -0.25) is 9.10 Å². The van der Waals surface area contributed by atoms with E-state index in [1.807, 2.05) is 6.92 Å². The number of hydrogen-bond donors (Lipinski definition) is 2. The first-order chi connectivity index (χ1) is 9.32. The first kappa shape index (κ1) is 14.8. The Hall–Kier alpha value is -1.60. The van der Waals surface area contributed by atoms with Gasteiger partial charge in [-0.2, -0.15) is 0 Å². The van der Waals surface area contributed by atoms with E-state index in [-0.39, 0.29) is 11.9 Å². The molecule has 3 N–H and O–H groups in total. The summed E-state index contributed by atoms with van der Waals surface area (Å²) in [6.45, 7) is 2.63. The second kappa shape index (κ2) is 5.41. The number of carbonyl (C=O) groups excluding carboxylic acids is 1. The maximum atomic E-state index is 12.0. The minimum atomic E-state index is -3.26. The molecule has 1 atom stereocenters. The largest absolute Gasteiger partial charge is 0.348 e. The van der Waals surface area contributed by atoms with Crippen LogP contribution in [0.1, 0.15) is 22.8 Å². The molecule has 0 aromatic heterocycles. The Bertz CT molecular complexity index is 628. The number of benzene rings is 1. The van der Waals surface area contributed by atoms with Crippen molar-refractivity contribution in [3.05, 3.63) is 29.3 Å². The van der Waals surface area contributed by atoms with Crippen LogP contribution >= 0.6 is 0 Å². The van der Waals surface area contributed by atoms with Gasteiger partial charge >= 0.3 is 0 Å². The van der Waals surface area contributed by atoms with Crippen molar-refractivity contribution in [2.24, 2.45) is 5.73 Å². The van der Waals surface area contributed by atoms with E-state index in [1.165, 1.54) is 10.6 Å². The second-order valence-electron chi connectivity index (χ2n) is 5.04. The van der Waals surface area contributed by atoms with Crippen LogP contribution in [-0.2, 0) is 16.4 Å². The fourth-order valence-corrected chi connectivity index (χ4v) is 3.18. The minimum Gasteiger partial charge on any atom is -0.348 e. The number of sulfonamides is 1. The van der Waals surface area contributed by atoms with Crippen LogP contribution in [0.3, 0.4) is 0 Å². The van der Waals surface area contributed by atoms with E-state index < -0.39 is 10.0 Å². The fraction of sp³-hybridized carbons (Fsp3) is 0.462. The number of nitrogens with zero attached hydrogens (tertiary/aromatic N) is 1. The minimum absolute atomic E-state index is 0.0942. The lowest BCUT2D eigenvalue weighted by atomic mass is 10.1. The lowest BCUT2D eigenvalue weighted by molar-refractivity contribution is 0.0941. The van der Waals surface area contributed by atoms with E-state index in [1.54, 1.807) is 18.2 Å². The van der Waals surface area contributed by atoms with E-state index >= 15 is 0 Å². The molecule has 1 amide bonds. The quantitative estimate of drug-likeness (QED) is 0.823. The molecule has 0 bridgehead atoms. The van der Waals surface area contributed by atoms with Gasteiger partial charge in [-0.25, -0.2) is 8.42 Å². The molecule has 7 heteroatoms. The Balaban J connectivity index is 2.24. The van der Waals surface area contributed by atoms with Crippen LogP contribution in [0.15, 0.2) is 18.2 Å². The van der Waals surface area contributed by atoms with E-state index in [4.69, 9.17) is 5.73 Å². The first-order valence-electron chi connectivity index (χ1n) is 6.44. The SMILES string of the molecule is C[C@@H](CN)NC(=O)c1ccc2c(c1)CCN2S(C)(=O)=O. The number of rotatable bonds is 4. The Labute approximate surface area is 119 Å². The van der Waals surface area contributed by atoms with Gasteiger partial charge in [0.2, 0.25) is 10.0 Å². The molecule has 0 fully saturated rings. The van der Waals surface area contributed by atoms with Crippen molar-refractivity contribution in [2.45, 2.75) is 19.4 Å². The third-order valence-electron chi connectivity index (χ3n) is 3.33. The zero-order valence-electron chi connectivity index (χ0n) is 11.6. The van der Waals surface area contributed by atoms with Gasteiger partial charge < -0.3 is 11.1 Å². The molecule has 6 nitrogen and oxygen atoms in total. The van der Waals surface area contributed by atoms with E-state index in [9.17, 15) is 13.2 Å². The number of nitrogens with one attached hydrogen (secondary N) is 1. The van der Waals surface area contributed by atoms with Crippen molar-refractivity contribution in [3.8, 4) is 0 Å². The van der Waals surface area contributed by atoms with Crippen LogP contribution < -0.4 is 15.4 Å². The van der Waals surface area contributed by atoms with Crippen molar-refractivity contribution in [3.63, 3.8) is 0 Å². The van der Waals surface area contributed by atoms with Gasteiger partial charge in [0, 0.05) is 24.7 Å². The molecule has 0 radical (unpaired) electrons. The molecule has 1 aliphatic rings. The Morgan fingerprint density at radius 1 is 1.50 bits per heavy atom. The smallest absolute Gasteiger partial charge is 0.251 e. The molecule has 110 valence electrons. The summed E-state index contributed by atoms with van der Waals surface area (Å²) in [5, 5.41) is 2.78. The predicted molar refractivity (Wildman–Crippen MR) is 78.3 cm³/mol. The number of hydrogen-bond acceptors (Lipinski definition) is 4. The molecule has 0 saturated carbocycles. The van der Waals surface area contributed by atoms with Gasteiger partial charge in [-0.1, -0.05) is 0 Å². The second-order valence-corrected chi connectivity index (χ2v) is 6.95. The van der Waals surface area contributed by atoms with Crippen LogP contribution in [0.4, 0.5) is 5.69 Å². The van der Waals surface area contributed by atoms with Crippen molar-refractivity contribution in [1.29, 1.82) is 0 Å². The molecule has 2 rings (SSSR count). The number of fused-ring (bicyclic) bond motifs is 1. The van der Waals surface area contributed by atoms with Crippen molar-refractivity contribution >= 4 is 21.6 Å². The molecule has 1 aromatic rings. The lowest BCUT2D eigenvalue weighted by Gasteiger charge is -2.17. The van der Waals surface area contributed by atoms with Crippen LogP contribution in [0.5, 0.6) is 0 Å². The normalized spacial score (nSPS) is 15.8. The molecule has 1 heterocycles. The summed E-state index contributed by atoms with van der Waals surface area (Å²) in [7, 11) is -3.26. The Morgan fingerprint density at radius 2 is 2.20 bits per heavy atom. The number of nitrogens with two attached hydrogens (primary N) is 1. The van der Waals surface area contributed by atoms with Crippen molar-refractivity contribution in [2.75, 3.05) is 23.7 Å². The average Bonchev–Trinajstić information content (AvgIpc) is 2.80. The van der Waals surface area contributed by atoms with Crippen LogP contribution in [0.25, 0.3) is 0 Å². The predicted octanol–water partition coefficient (Wildman–Crippen LogP) is 0.0857. The summed E-state index contributed by atoms with van der Waals surface area (Å²) in [6.07, 6.45) is 1.81. The lowest BCUT2D eigenvalue weighted by Crippen LogP contribution is -2.37. The molecule has 0 aliphatic carbocycles. The summed E-state index contributed by atoms with van der Waals surface area (Å²) >= 11 is 0. The van der Waals surface area contributed by atoms with Crippen molar-refractivity contribution in [1.82, 2.24) is 5.32 Å². The first-order valence-corrected chi connectivity index (χ1v) is 8.29. The Kier molecular flexibility index (Phi) is 4.01. The van der Waals surface area contributed by atoms with Gasteiger partial charge in [-0.05, 0) is 37.1 Å². The van der Waals surface area contributed by atoms with Crippen molar-refractivity contribution < 1.29 is 13.2 Å². The highest BCUT2D eigenvalue weighted by molar-refractivity contribution is 7.92. The summed E-state index contributed by atoms with van der Waals surface area (Å²) in [5.41, 5.74) is 7.53. The summed E-state index contributed by atoms with van der Waals surface area (Å²) in [6, 6.07) is 4.98. The third-order valence-corrected chi connectivity index (χ3v) is 4.51. The molecule has 0 saturated heterocycles. The highest BCUT2D eigenvalue weighted by Crippen LogP contribution is 2.30. The standard InChI is InChI=1S/C13H19N3O3S/c1-9(8-14)15-13(17)11-3-4-12-10(7-11)5-6-16(12)20(2,18)19/h3-4,7,9H,5-6,8,14H2,1-2H3,(H,15,17)/t9-/m0/s1. The van der Waals surface area contributed by atoms with Gasteiger partial charge in [0.05, 0.1) is 11.9 Å². The maximum absolute atomic E-state index is 12.0.